The molecule has 23 heavy (non-hydrogen) atoms. The van der Waals surface area contributed by atoms with E-state index in [0.717, 1.165) is 5.69 Å². The van der Waals surface area contributed by atoms with Gasteiger partial charge in [-0.3, -0.25) is 4.57 Å². The van der Waals surface area contributed by atoms with E-state index in [2.05, 4.69) is 20.3 Å². The molecule has 0 bridgehead atoms. The number of hydrogen-bond acceptors (Lipinski definition) is 7. The third-order valence-corrected chi connectivity index (χ3v) is 3.27. The minimum absolute atomic E-state index is 0.406. The molecule has 0 radical (unpaired) electrons. The van der Waals surface area contributed by atoms with Crippen LogP contribution in [-0.4, -0.2) is 33.7 Å². The number of ether oxygens (including phenoxy) is 2. The molecule has 0 spiro atoms. The lowest BCUT2D eigenvalue weighted by molar-refractivity contribution is 0.395. The summed E-state index contributed by atoms with van der Waals surface area (Å²) in [5.41, 5.74) is 7.29. The van der Waals surface area contributed by atoms with Gasteiger partial charge >= 0.3 is 0 Å². The first kappa shape index (κ1) is 14.6. The molecule has 0 aliphatic heterocycles. The van der Waals surface area contributed by atoms with Crippen molar-refractivity contribution in [1.29, 1.82) is 0 Å². The Labute approximate surface area is 132 Å². The van der Waals surface area contributed by atoms with Crippen LogP contribution in [0.5, 0.6) is 11.5 Å². The number of nitrogens with one attached hydrogen (secondary N) is 1. The van der Waals surface area contributed by atoms with Crippen LogP contribution in [0.15, 0.2) is 43.2 Å². The van der Waals surface area contributed by atoms with E-state index in [1.54, 1.807) is 43.6 Å². The van der Waals surface area contributed by atoms with E-state index in [4.69, 9.17) is 15.2 Å². The Morgan fingerprint density at radius 2 is 2.04 bits per heavy atom. The lowest BCUT2D eigenvalue weighted by Gasteiger charge is -2.14. The minimum atomic E-state index is 0.406. The van der Waals surface area contributed by atoms with Gasteiger partial charge in [0.1, 0.15) is 29.8 Å². The molecule has 0 saturated heterocycles. The largest absolute Gasteiger partial charge is 0.497 e. The number of benzene rings is 1. The first-order valence-corrected chi connectivity index (χ1v) is 6.80. The highest BCUT2D eigenvalue weighted by molar-refractivity contribution is 5.76. The predicted molar refractivity (Wildman–Crippen MR) is 86.4 cm³/mol. The smallest absolute Gasteiger partial charge is 0.166 e. The standard InChI is InChI=1S/C15H16N6O2/c1-22-10-3-4-11(12(7-10)23-2)20-14-13(16)15(19-8-18-14)21-6-5-17-9-21/h3-9H,16H2,1-2H3,(H,18,19,20). The Hall–Kier alpha value is -3.29. The molecule has 2 aromatic heterocycles. The van der Waals surface area contributed by atoms with E-state index in [1.165, 1.54) is 6.33 Å². The molecule has 3 N–H and O–H groups in total. The average Bonchev–Trinajstić information content (AvgIpc) is 3.11. The lowest BCUT2D eigenvalue weighted by Crippen LogP contribution is -2.07. The van der Waals surface area contributed by atoms with Crippen molar-refractivity contribution in [2.45, 2.75) is 0 Å². The number of nitrogen functional groups attached to an aromatic ring is 1. The molecule has 0 fully saturated rings. The van der Waals surface area contributed by atoms with E-state index in [9.17, 15) is 0 Å². The summed E-state index contributed by atoms with van der Waals surface area (Å²) in [4.78, 5) is 12.4. The van der Waals surface area contributed by atoms with Crippen LogP contribution < -0.4 is 20.5 Å². The molecule has 8 heteroatoms. The van der Waals surface area contributed by atoms with Crippen molar-refractivity contribution in [2.24, 2.45) is 0 Å². The van der Waals surface area contributed by atoms with Gasteiger partial charge in [-0.2, -0.15) is 0 Å². The van der Waals surface area contributed by atoms with Crippen molar-refractivity contribution in [3.8, 4) is 17.3 Å². The van der Waals surface area contributed by atoms with Gasteiger partial charge in [0.25, 0.3) is 0 Å². The van der Waals surface area contributed by atoms with Crippen molar-refractivity contribution in [2.75, 3.05) is 25.3 Å². The molecule has 0 atom stereocenters. The molecule has 0 unspecified atom stereocenters. The van der Waals surface area contributed by atoms with Crippen LogP contribution in [0.25, 0.3) is 5.82 Å². The fourth-order valence-electron chi connectivity index (χ4n) is 2.11. The minimum Gasteiger partial charge on any atom is -0.497 e. The van der Waals surface area contributed by atoms with Gasteiger partial charge in [0.2, 0.25) is 0 Å². The zero-order valence-corrected chi connectivity index (χ0v) is 12.7. The summed E-state index contributed by atoms with van der Waals surface area (Å²) in [6.45, 7) is 0. The molecule has 118 valence electrons. The van der Waals surface area contributed by atoms with Crippen molar-refractivity contribution in [3.05, 3.63) is 43.2 Å². The molecule has 0 amide bonds. The second kappa shape index (κ2) is 6.22. The first-order valence-electron chi connectivity index (χ1n) is 6.80. The number of nitrogens with two attached hydrogens (primary N) is 1. The molecule has 0 saturated carbocycles. The van der Waals surface area contributed by atoms with Gasteiger partial charge in [0.05, 0.1) is 19.9 Å². The summed E-state index contributed by atoms with van der Waals surface area (Å²) in [6.07, 6.45) is 6.47. The monoisotopic (exact) mass is 312 g/mol. The maximum atomic E-state index is 6.17. The summed E-state index contributed by atoms with van der Waals surface area (Å²) in [5, 5.41) is 3.15. The van der Waals surface area contributed by atoms with Crippen molar-refractivity contribution in [1.82, 2.24) is 19.5 Å². The number of nitrogens with zero attached hydrogens (tertiary/aromatic N) is 4. The highest BCUT2D eigenvalue weighted by atomic mass is 16.5. The van der Waals surface area contributed by atoms with Crippen LogP contribution in [0.4, 0.5) is 17.2 Å². The highest BCUT2D eigenvalue weighted by Gasteiger charge is 2.12. The van der Waals surface area contributed by atoms with Gasteiger partial charge in [-0.05, 0) is 12.1 Å². The summed E-state index contributed by atoms with van der Waals surface area (Å²) in [5.74, 6) is 2.34. The molecule has 0 aliphatic rings. The molecule has 8 nitrogen and oxygen atoms in total. The molecule has 3 aromatic rings. The Balaban J connectivity index is 1.96. The fraction of sp³-hybridized carbons (Fsp3) is 0.133. The number of imidazole rings is 1. The molecule has 1 aromatic carbocycles. The number of methoxy groups -OCH3 is 2. The van der Waals surface area contributed by atoms with Crippen LogP contribution in [0.1, 0.15) is 0 Å². The average molecular weight is 312 g/mol. The number of rotatable bonds is 5. The van der Waals surface area contributed by atoms with E-state index < -0.39 is 0 Å². The second-order valence-electron chi connectivity index (χ2n) is 4.62. The van der Waals surface area contributed by atoms with Crippen molar-refractivity contribution < 1.29 is 9.47 Å². The predicted octanol–water partition coefficient (Wildman–Crippen LogP) is 2.01. The normalized spacial score (nSPS) is 10.3. The van der Waals surface area contributed by atoms with Gasteiger partial charge in [-0.15, -0.1) is 0 Å². The lowest BCUT2D eigenvalue weighted by atomic mass is 10.2. The first-order chi connectivity index (χ1) is 11.2. The van der Waals surface area contributed by atoms with Gasteiger partial charge in [-0.1, -0.05) is 0 Å². The van der Waals surface area contributed by atoms with Crippen LogP contribution in [0.2, 0.25) is 0 Å². The molecule has 0 aliphatic carbocycles. The zero-order valence-electron chi connectivity index (χ0n) is 12.7. The van der Waals surface area contributed by atoms with Gasteiger partial charge in [-0.25, -0.2) is 15.0 Å². The van der Waals surface area contributed by atoms with Crippen LogP contribution >= 0.6 is 0 Å². The quantitative estimate of drug-likeness (QED) is 0.743. The Morgan fingerprint density at radius 1 is 1.17 bits per heavy atom. The van der Waals surface area contributed by atoms with E-state index in [0.29, 0.717) is 28.8 Å². The topological polar surface area (TPSA) is 100 Å². The van der Waals surface area contributed by atoms with Crippen molar-refractivity contribution in [3.63, 3.8) is 0 Å². The number of anilines is 3. The summed E-state index contributed by atoms with van der Waals surface area (Å²) in [6, 6.07) is 5.42. The zero-order chi connectivity index (χ0) is 16.2. The summed E-state index contributed by atoms with van der Waals surface area (Å²) >= 11 is 0. The maximum Gasteiger partial charge on any atom is 0.166 e. The molecular formula is C15H16N6O2. The van der Waals surface area contributed by atoms with Gasteiger partial charge < -0.3 is 20.5 Å². The number of aromatic nitrogens is 4. The Morgan fingerprint density at radius 3 is 2.74 bits per heavy atom. The van der Waals surface area contributed by atoms with Gasteiger partial charge in [0, 0.05) is 18.5 Å². The SMILES string of the molecule is COc1ccc(Nc2ncnc(-n3ccnc3)c2N)c(OC)c1. The second-order valence-corrected chi connectivity index (χ2v) is 4.62. The summed E-state index contributed by atoms with van der Waals surface area (Å²) < 4.78 is 12.3. The highest BCUT2D eigenvalue weighted by Crippen LogP contribution is 2.33. The Bertz CT molecular complexity index is 804. The third kappa shape index (κ3) is 2.86. The number of hydrogen-bond donors (Lipinski definition) is 2. The molecule has 3 rings (SSSR count). The van der Waals surface area contributed by atoms with E-state index in [1.807, 2.05) is 12.1 Å². The third-order valence-electron chi connectivity index (χ3n) is 3.27. The van der Waals surface area contributed by atoms with Crippen LogP contribution in [0.3, 0.4) is 0 Å². The maximum absolute atomic E-state index is 6.17. The Kier molecular flexibility index (Phi) is 3.96. The van der Waals surface area contributed by atoms with Crippen molar-refractivity contribution >= 4 is 17.2 Å². The summed E-state index contributed by atoms with van der Waals surface area (Å²) in [7, 11) is 3.18. The molecule has 2 heterocycles. The van der Waals surface area contributed by atoms with Gasteiger partial charge in [0.15, 0.2) is 11.6 Å². The molecular weight excluding hydrogens is 296 g/mol. The van der Waals surface area contributed by atoms with E-state index >= 15 is 0 Å². The van der Waals surface area contributed by atoms with E-state index in [-0.39, 0.29) is 0 Å². The van der Waals surface area contributed by atoms with Crippen LogP contribution in [0, 0.1) is 0 Å². The fourth-order valence-corrected chi connectivity index (χ4v) is 2.11. The van der Waals surface area contributed by atoms with Crippen LogP contribution in [-0.2, 0) is 0 Å².